The van der Waals surface area contributed by atoms with Crippen molar-refractivity contribution in [2.45, 2.75) is 31.6 Å². The van der Waals surface area contributed by atoms with Crippen molar-refractivity contribution in [2.75, 3.05) is 5.73 Å². The van der Waals surface area contributed by atoms with Gasteiger partial charge >= 0.3 is 0 Å². The molecular formula is C10H13ClN2. The zero-order chi connectivity index (χ0) is 9.26. The van der Waals surface area contributed by atoms with E-state index in [2.05, 4.69) is 4.98 Å². The molecule has 0 aliphatic heterocycles. The number of halogens is 1. The number of hydrogen-bond acceptors (Lipinski definition) is 2. The first-order chi connectivity index (χ1) is 6.27. The molecule has 70 valence electrons. The van der Waals surface area contributed by atoms with Crippen LogP contribution in [0.5, 0.6) is 0 Å². The highest BCUT2D eigenvalue weighted by molar-refractivity contribution is 6.31. The van der Waals surface area contributed by atoms with E-state index in [1.165, 1.54) is 31.2 Å². The van der Waals surface area contributed by atoms with Gasteiger partial charge in [-0.3, -0.25) is 0 Å². The predicted octanol–water partition coefficient (Wildman–Crippen LogP) is 2.97. The van der Waals surface area contributed by atoms with Crippen LogP contribution in [0.4, 0.5) is 5.82 Å². The molecule has 0 unspecified atom stereocenters. The van der Waals surface area contributed by atoms with Crippen molar-refractivity contribution in [1.29, 1.82) is 0 Å². The van der Waals surface area contributed by atoms with Gasteiger partial charge in [0.25, 0.3) is 0 Å². The number of nitrogens with zero attached hydrogens (tertiary/aromatic N) is 1. The van der Waals surface area contributed by atoms with Crippen molar-refractivity contribution in [2.24, 2.45) is 0 Å². The zero-order valence-electron chi connectivity index (χ0n) is 7.46. The first-order valence-corrected chi connectivity index (χ1v) is 5.06. The molecule has 1 aliphatic rings. The molecule has 1 fully saturated rings. The molecule has 0 aromatic carbocycles. The molecule has 2 nitrogen and oxygen atoms in total. The number of nitrogens with two attached hydrogens (primary N) is 1. The predicted molar refractivity (Wildman–Crippen MR) is 54.9 cm³/mol. The van der Waals surface area contributed by atoms with Gasteiger partial charge in [-0.05, 0) is 30.4 Å². The van der Waals surface area contributed by atoms with Gasteiger partial charge in [-0.2, -0.15) is 0 Å². The molecular weight excluding hydrogens is 184 g/mol. The molecule has 1 aliphatic carbocycles. The van der Waals surface area contributed by atoms with Gasteiger partial charge in [0.15, 0.2) is 0 Å². The molecule has 0 radical (unpaired) electrons. The minimum absolute atomic E-state index is 0.506. The Morgan fingerprint density at radius 2 is 2.08 bits per heavy atom. The molecule has 2 rings (SSSR count). The Hall–Kier alpha value is -0.760. The first-order valence-electron chi connectivity index (χ1n) is 4.68. The number of rotatable bonds is 1. The molecule has 0 amide bonds. The van der Waals surface area contributed by atoms with Gasteiger partial charge < -0.3 is 5.73 Å². The van der Waals surface area contributed by atoms with Gasteiger partial charge in [0.05, 0.1) is 0 Å². The van der Waals surface area contributed by atoms with E-state index >= 15 is 0 Å². The topological polar surface area (TPSA) is 38.9 Å². The summed E-state index contributed by atoms with van der Waals surface area (Å²) in [5.41, 5.74) is 6.71. The lowest BCUT2D eigenvalue weighted by molar-refractivity contribution is 0.720. The van der Waals surface area contributed by atoms with E-state index in [0.29, 0.717) is 11.7 Å². The third kappa shape index (κ3) is 1.78. The van der Waals surface area contributed by atoms with E-state index in [1.807, 2.05) is 6.20 Å². The average Bonchev–Trinajstić information content (AvgIpc) is 2.56. The Bertz CT molecular complexity index is 306. The van der Waals surface area contributed by atoms with Gasteiger partial charge in [-0.15, -0.1) is 0 Å². The SMILES string of the molecule is Nc1cc(Cl)c(C2CCCC2)cn1. The Kier molecular flexibility index (Phi) is 2.40. The second-order valence-corrected chi connectivity index (χ2v) is 4.02. The molecule has 0 bridgehead atoms. The Morgan fingerprint density at radius 3 is 2.69 bits per heavy atom. The van der Waals surface area contributed by atoms with E-state index in [0.717, 1.165) is 5.02 Å². The smallest absolute Gasteiger partial charge is 0.124 e. The zero-order valence-corrected chi connectivity index (χ0v) is 8.22. The van der Waals surface area contributed by atoms with E-state index in [4.69, 9.17) is 17.3 Å². The minimum Gasteiger partial charge on any atom is -0.384 e. The van der Waals surface area contributed by atoms with Crippen LogP contribution in [0.1, 0.15) is 37.2 Å². The number of anilines is 1. The largest absolute Gasteiger partial charge is 0.384 e. The molecule has 0 spiro atoms. The fourth-order valence-corrected chi connectivity index (χ4v) is 2.31. The fourth-order valence-electron chi connectivity index (χ4n) is 1.99. The second-order valence-electron chi connectivity index (χ2n) is 3.61. The highest BCUT2D eigenvalue weighted by Gasteiger charge is 2.19. The summed E-state index contributed by atoms with van der Waals surface area (Å²) in [5, 5.41) is 0.777. The van der Waals surface area contributed by atoms with Crippen LogP contribution < -0.4 is 5.73 Å². The van der Waals surface area contributed by atoms with Crippen LogP contribution in [0.25, 0.3) is 0 Å². The van der Waals surface area contributed by atoms with Gasteiger partial charge in [-0.1, -0.05) is 24.4 Å². The van der Waals surface area contributed by atoms with E-state index in [1.54, 1.807) is 6.07 Å². The monoisotopic (exact) mass is 196 g/mol. The molecule has 1 heterocycles. The van der Waals surface area contributed by atoms with Crippen LogP contribution in [0, 0.1) is 0 Å². The Balaban J connectivity index is 2.29. The average molecular weight is 197 g/mol. The summed E-state index contributed by atoms with van der Waals surface area (Å²) in [6, 6.07) is 1.75. The standard InChI is InChI=1S/C10H13ClN2/c11-9-5-10(12)13-6-8(9)7-3-1-2-4-7/h5-7H,1-4H2,(H2,12,13). The van der Waals surface area contributed by atoms with Gasteiger partial charge in [-0.25, -0.2) is 4.98 Å². The van der Waals surface area contributed by atoms with Crippen molar-refractivity contribution in [3.05, 3.63) is 22.8 Å². The second kappa shape index (κ2) is 3.54. The Morgan fingerprint density at radius 1 is 1.38 bits per heavy atom. The number of aromatic nitrogens is 1. The molecule has 13 heavy (non-hydrogen) atoms. The van der Waals surface area contributed by atoms with Gasteiger partial charge in [0.2, 0.25) is 0 Å². The highest BCUT2D eigenvalue weighted by atomic mass is 35.5. The normalized spacial score (nSPS) is 17.9. The third-order valence-electron chi connectivity index (χ3n) is 2.70. The van der Waals surface area contributed by atoms with E-state index in [-0.39, 0.29) is 0 Å². The van der Waals surface area contributed by atoms with Gasteiger partial charge in [0.1, 0.15) is 5.82 Å². The lowest BCUT2D eigenvalue weighted by atomic mass is 10.00. The maximum Gasteiger partial charge on any atom is 0.124 e. The van der Waals surface area contributed by atoms with Crippen LogP contribution in [0.3, 0.4) is 0 Å². The maximum atomic E-state index is 6.09. The summed E-state index contributed by atoms with van der Waals surface area (Å²) in [5.74, 6) is 1.12. The molecule has 2 N–H and O–H groups in total. The summed E-state index contributed by atoms with van der Waals surface area (Å²) in [7, 11) is 0. The summed E-state index contributed by atoms with van der Waals surface area (Å²) in [6.07, 6.45) is 6.93. The molecule has 3 heteroatoms. The maximum absolute atomic E-state index is 6.09. The van der Waals surface area contributed by atoms with E-state index in [9.17, 15) is 0 Å². The molecule has 1 saturated carbocycles. The van der Waals surface area contributed by atoms with Crippen LogP contribution in [-0.2, 0) is 0 Å². The Labute approximate surface area is 83.1 Å². The van der Waals surface area contributed by atoms with Crippen molar-refractivity contribution in [1.82, 2.24) is 4.98 Å². The molecule has 1 aromatic rings. The quantitative estimate of drug-likeness (QED) is 0.750. The number of nitrogen functional groups attached to an aromatic ring is 1. The summed E-state index contributed by atoms with van der Waals surface area (Å²) in [6.45, 7) is 0. The molecule has 0 atom stereocenters. The highest BCUT2D eigenvalue weighted by Crippen LogP contribution is 2.37. The lowest BCUT2D eigenvalue weighted by Gasteiger charge is -2.10. The third-order valence-corrected chi connectivity index (χ3v) is 3.03. The lowest BCUT2D eigenvalue weighted by Crippen LogP contribution is -1.97. The van der Waals surface area contributed by atoms with Crippen LogP contribution in [-0.4, -0.2) is 4.98 Å². The summed E-state index contributed by atoms with van der Waals surface area (Å²) >= 11 is 6.09. The molecule has 0 saturated heterocycles. The van der Waals surface area contributed by atoms with Crippen LogP contribution in [0.2, 0.25) is 5.02 Å². The number of hydrogen-bond donors (Lipinski definition) is 1. The van der Waals surface area contributed by atoms with Crippen molar-refractivity contribution >= 4 is 17.4 Å². The summed E-state index contributed by atoms with van der Waals surface area (Å²) < 4.78 is 0. The van der Waals surface area contributed by atoms with E-state index < -0.39 is 0 Å². The van der Waals surface area contributed by atoms with Crippen molar-refractivity contribution in [3.63, 3.8) is 0 Å². The van der Waals surface area contributed by atoms with Crippen molar-refractivity contribution < 1.29 is 0 Å². The van der Waals surface area contributed by atoms with Crippen LogP contribution in [0.15, 0.2) is 12.3 Å². The summed E-state index contributed by atoms with van der Waals surface area (Å²) in [4.78, 5) is 4.08. The fraction of sp³-hybridized carbons (Fsp3) is 0.500. The van der Waals surface area contributed by atoms with Crippen molar-refractivity contribution in [3.8, 4) is 0 Å². The minimum atomic E-state index is 0.506. The first kappa shape index (κ1) is 8.82. The van der Waals surface area contributed by atoms with Gasteiger partial charge in [0, 0.05) is 11.2 Å². The van der Waals surface area contributed by atoms with Crippen LogP contribution >= 0.6 is 11.6 Å². The molecule has 1 aromatic heterocycles. The number of pyridine rings is 1.